The number of ether oxygens (including phenoxy) is 2. The third kappa shape index (κ3) is 3.52. The fourth-order valence-electron chi connectivity index (χ4n) is 2.73. The molecule has 3 aromatic rings. The highest BCUT2D eigenvalue weighted by Crippen LogP contribution is 2.32. The lowest BCUT2D eigenvalue weighted by Gasteiger charge is -2.20. The summed E-state index contributed by atoms with van der Waals surface area (Å²) in [6, 6.07) is 11.9. The highest BCUT2D eigenvalue weighted by Gasteiger charge is 2.15. The smallest absolute Gasteiger partial charge is 0.240 e. The molecule has 2 heterocycles. The Morgan fingerprint density at radius 2 is 1.85 bits per heavy atom. The first-order valence-electron chi connectivity index (χ1n) is 8.40. The number of benzene rings is 2. The predicted octanol–water partition coefficient (Wildman–Crippen LogP) is 3.50. The molecule has 6 nitrogen and oxygen atoms in total. The van der Waals surface area contributed by atoms with Crippen LogP contribution in [0.2, 0.25) is 0 Å². The average Bonchev–Trinajstić information content (AvgIpc) is 3.15. The Bertz CT molecular complexity index is 895. The maximum Gasteiger partial charge on any atom is 0.240 e. The molecular weight excluding hydrogens is 337 g/mol. The molecule has 0 spiro atoms. The average molecular weight is 355 g/mol. The van der Waals surface area contributed by atoms with Crippen LogP contribution < -0.4 is 14.8 Å². The molecule has 0 fully saturated rings. The van der Waals surface area contributed by atoms with Crippen LogP contribution in [-0.2, 0) is 6.54 Å². The molecule has 0 bridgehead atoms. The van der Waals surface area contributed by atoms with Crippen LogP contribution in [0.4, 0.5) is 4.39 Å². The molecule has 2 aromatic carbocycles. The minimum atomic E-state index is -0.299. The Labute approximate surface area is 149 Å². The van der Waals surface area contributed by atoms with Crippen molar-refractivity contribution in [2.24, 2.45) is 0 Å². The van der Waals surface area contributed by atoms with Crippen LogP contribution in [0.5, 0.6) is 11.5 Å². The van der Waals surface area contributed by atoms with E-state index in [-0.39, 0.29) is 11.9 Å². The van der Waals surface area contributed by atoms with Gasteiger partial charge in [-0.25, -0.2) is 4.39 Å². The molecule has 4 rings (SSSR count). The highest BCUT2D eigenvalue weighted by atomic mass is 19.1. The number of nitrogens with one attached hydrogen (secondary N) is 1. The van der Waals surface area contributed by atoms with Gasteiger partial charge in [0.05, 0.1) is 6.54 Å². The van der Waals surface area contributed by atoms with Gasteiger partial charge in [-0.3, -0.25) is 0 Å². The van der Waals surface area contributed by atoms with Crippen LogP contribution in [0.1, 0.15) is 24.4 Å². The van der Waals surface area contributed by atoms with Crippen molar-refractivity contribution in [3.63, 3.8) is 0 Å². The van der Waals surface area contributed by atoms with Crippen molar-refractivity contribution in [3.8, 4) is 22.9 Å². The minimum absolute atomic E-state index is 0.0620. The van der Waals surface area contributed by atoms with Crippen molar-refractivity contribution in [3.05, 3.63) is 59.7 Å². The molecule has 134 valence electrons. The Morgan fingerprint density at radius 3 is 2.65 bits per heavy atom. The molecule has 7 heteroatoms. The zero-order valence-electron chi connectivity index (χ0n) is 14.2. The van der Waals surface area contributed by atoms with Gasteiger partial charge in [0, 0.05) is 11.6 Å². The normalized spacial score (nSPS) is 14.2. The lowest BCUT2D eigenvalue weighted by molar-refractivity contribution is 0.171. The summed E-state index contributed by atoms with van der Waals surface area (Å²) in [5, 5.41) is 7.28. The summed E-state index contributed by atoms with van der Waals surface area (Å²) in [4.78, 5) is 4.34. The van der Waals surface area contributed by atoms with Gasteiger partial charge in [-0.05, 0) is 48.9 Å². The van der Waals surface area contributed by atoms with Crippen molar-refractivity contribution in [2.75, 3.05) is 13.2 Å². The van der Waals surface area contributed by atoms with E-state index in [2.05, 4.69) is 15.5 Å². The lowest BCUT2D eigenvalue weighted by atomic mass is 10.1. The quantitative estimate of drug-likeness (QED) is 0.755. The van der Waals surface area contributed by atoms with E-state index in [1.807, 2.05) is 25.1 Å². The third-order valence-electron chi connectivity index (χ3n) is 4.20. The topological polar surface area (TPSA) is 69.4 Å². The molecule has 1 aromatic heterocycles. The van der Waals surface area contributed by atoms with Crippen LogP contribution in [0.25, 0.3) is 11.4 Å². The molecule has 0 amide bonds. The number of aromatic nitrogens is 2. The Balaban J connectivity index is 1.40. The maximum atomic E-state index is 13.0. The van der Waals surface area contributed by atoms with Gasteiger partial charge >= 0.3 is 0 Å². The van der Waals surface area contributed by atoms with E-state index >= 15 is 0 Å². The fourth-order valence-corrected chi connectivity index (χ4v) is 2.73. The molecule has 0 unspecified atom stereocenters. The molecule has 26 heavy (non-hydrogen) atoms. The maximum absolute atomic E-state index is 13.0. The van der Waals surface area contributed by atoms with Gasteiger partial charge in [-0.15, -0.1) is 0 Å². The summed E-state index contributed by atoms with van der Waals surface area (Å²) in [7, 11) is 0. The summed E-state index contributed by atoms with van der Waals surface area (Å²) in [6.45, 7) is 3.60. The second kappa shape index (κ2) is 7.13. The summed E-state index contributed by atoms with van der Waals surface area (Å²) in [5.74, 6) is 2.14. The number of halogens is 1. The van der Waals surface area contributed by atoms with Gasteiger partial charge in [0.15, 0.2) is 11.5 Å². The van der Waals surface area contributed by atoms with Crippen LogP contribution in [-0.4, -0.2) is 23.4 Å². The SMILES string of the molecule is C[C@H](NCc1nc(-c2ccc(F)cc2)no1)c1ccc2c(c1)OCCO2. The van der Waals surface area contributed by atoms with Crippen LogP contribution in [0, 0.1) is 5.82 Å². The van der Waals surface area contributed by atoms with Gasteiger partial charge in [0.25, 0.3) is 0 Å². The zero-order valence-corrected chi connectivity index (χ0v) is 14.2. The Kier molecular flexibility index (Phi) is 4.53. The fraction of sp³-hybridized carbons (Fsp3) is 0.263. The van der Waals surface area contributed by atoms with E-state index in [0.717, 1.165) is 17.1 Å². The first-order chi connectivity index (χ1) is 12.7. The zero-order chi connectivity index (χ0) is 17.9. The first kappa shape index (κ1) is 16.5. The molecule has 0 radical (unpaired) electrons. The predicted molar refractivity (Wildman–Crippen MR) is 92.4 cm³/mol. The number of hydrogen-bond donors (Lipinski definition) is 1. The lowest BCUT2D eigenvalue weighted by Crippen LogP contribution is -2.19. The molecule has 0 saturated heterocycles. The first-order valence-corrected chi connectivity index (χ1v) is 8.40. The number of rotatable bonds is 5. The summed E-state index contributed by atoms with van der Waals surface area (Å²) in [6.07, 6.45) is 0. The molecular formula is C19H18FN3O3. The van der Waals surface area contributed by atoms with Crippen LogP contribution >= 0.6 is 0 Å². The molecule has 0 aliphatic carbocycles. The number of hydrogen-bond acceptors (Lipinski definition) is 6. The van der Waals surface area contributed by atoms with Crippen LogP contribution in [0.3, 0.4) is 0 Å². The second-order valence-corrected chi connectivity index (χ2v) is 6.02. The van der Waals surface area contributed by atoms with E-state index in [4.69, 9.17) is 14.0 Å². The third-order valence-corrected chi connectivity index (χ3v) is 4.20. The van der Waals surface area contributed by atoms with E-state index in [1.165, 1.54) is 12.1 Å². The summed E-state index contributed by atoms with van der Waals surface area (Å²) >= 11 is 0. The molecule has 1 aliphatic rings. The molecule has 0 saturated carbocycles. The Hall–Kier alpha value is -2.93. The monoisotopic (exact) mass is 355 g/mol. The summed E-state index contributed by atoms with van der Waals surface area (Å²) in [5.41, 5.74) is 1.79. The van der Waals surface area contributed by atoms with Gasteiger partial charge < -0.3 is 19.3 Å². The number of fused-ring (bicyclic) bond motifs is 1. The van der Waals surface area contributed by atoms with Gasteiger partial charge in [-0.2, -0.15) is 4.98 Å². The van der Waals surface area contributed by atoms with E-state index < -0.39 is 0 Å². The van der Waals surface area contributed by atoms with E-state index in [1.54, 1.807) is 12.1 Å². The van der Waals surface area contributed by atoms with Gasteiger partial charge in [0.2, 0.25) is 11.7 Å². The van der Waals surface area contributed by atoms with E-state index in [9.17, 15) is 4.39 Å². The van der Waals surface area contributed by atoms with Crippen LogP contribution in [0.15, 0.2) is 47.0 Å². The minimum Gasteiger partial charge on any atom is -0.486 e. The van der Waals surface area contributed by atoms with E-state index in [0.29, 0.717) is 37.0 Å². The van der Waals surface area contributed by atoms with Crippen molar-refractivity contribution in [1.29, 1.82) is 0 Å². The Morgan fingerprint density at radius 1 is 1.08 bits per heavy atom. The second-order valence-electron chi connectivity index (χ2n) is 6.02. The largest absolute Gasteiger partial charge is 0.486 e. The molecule has 1 aliphatic heterocycles. The van der Waals surface area contributed by atoms with Gasteiger partial charge in [0.1, 0.15) is 19.0 Å². The number of nitrogens with zero attached hydrogens (tertiary/aromatic N) is 2. The molecule has 1 N–H and O–H groups in total. The van der Waals surface area contributed by atoms with Gasteiger partial charge in [-0.1, -0.05) is 11.2 Å². The molecule has 1 atom stereocenters. The van der Waals surface area contributed by atoms with Crippen molar-refractivity contribution in [2.45, 2.75) is 19.5 Å². The standard InChI is InChI=1S/C19H18FN3O3/c1-12(14-4-7-16-17(10-14)25-9-8-24-16)21-11-18-22-19(23-26-18)13-2-5-15(20)6-3-13/h2-7,10,12,21H,8-9,11H2,1H3/t12-/m0/s1. The van der Waals surface area contributed by atoms with Crippen molar-refractivity contribution < 1.29 is 18.4 Å². The summed E-state index contributed by atoms with van der Waals surface area (Å²) < 4.78 is 29.4. The van der Waals surface area contributed by atoms with Crippen molar-refractivity contribution in [1.82, 2.24) is 15.5 Å². The highest BCUT2D eigenvalue weighted by molar-refractivity contribution is 5.53. The van der Waals surface area contributed by atoms with Crippen molar-refractivity contribution >= 4 is 0 Å².